The quantitative estimate of drug-likeness (QED) is 0.428. The van der Waals surface area contributed by atoms with E-state index in [1.807, 2.05) is 6.07 Å². The summed E-state index contributed by atoms with van der Waals surface area (Å²) in [4.78, 5) is 0. The summed E-state index contributed by atoms with van der Waals surface area (Å²) in [7, 11) is 3.54. The Bertz CT molecular complexity index is 890. The second-order valence-corrected chi connectivity index (χ2v) is 11.0. The Balaban J connectivity index is 0.000000444. The van der Waals surface area contributed by atoms with Gasteiger partial charge in [-0.25, -0.2) is 4.31 Å². The third-order valence-electron chi connectivity index (χ3n) is 8.06. The van der Waals surface area contributed by atoms with Crippen molar-refractivity contribution in [3.63, 3.8) is 0 Å². The fraction of sp³-hybridized carbons (Fsp3) is 0.556. The predicted molar refractivity (Wildman–Crippen MR) is 132 cm³/mol. The standard InChI is InChI=1S/C25H30O2.C2H7NOS/c1-25-14-13-21-20-10-8-19(27-16-17-5-3-2-4-6-17)15-18(20)7-9-22(21)23(25)11-12-24(25)26;1-3(2)5-4/h2-6,8,10,15,21-24,26H,7,9,11-14,16H2,1H3;4H,1-2H3. The van der Waals surface area contributed by atoms with Crippen molar-refractivity contribution in [2.75, 3.05) is 14.1 Å². The molecule has 0 aromatic heterocycles. The van der Waals surface area contributed by atoms with E-state index in [1.165, 1.54) is 36.8 Å². The highest BCUT2D eigenvalue weighted by molar-refractivity contribution is 7.91. The summed E-state index contributed by atoms with van der Waals surface area (Å²) in [6.45, 7) is 2.98. The summed E-state index contributed by atoms with van der Waals surface area (Å²) in [6, 6.07) is 17.2. The number of rotatable bonds is 4. The van der Waals surface area contributed by atoms with Crippen molar-refractivity contribution in [2.45, 2.75) is 64.1 Å². The topological polar surface area (TPSA) is 52.9 Å². The molecule has 3 aliphatic carbocycles. The second kappa shape index (κ2) is 10.2. The van der Waals surface area contributed by atoms with E-state index in [1.54, 1.807) is 24.0 Å². The molecule has 0 heterocycles. The highest BCUT2D eigenvalue weighted by atomic mass is 32.2. The van der Waals surface area contributed by atoms with Gasteiger partial charge in [0.05, 0.1) is 18.3 Å². The van der Waals surface area contributed by atoms with Gasteiger partial charge < -0.3 is 14.4 Å². The zero-order valence-electron chi connectivity index (χ0n) is 19.5. The maximum atomic E-state index is 10.5. The molecule has 0 saturated heterocycles. The van der Waals surface area contributed by atoms with Crippen LogP contribution < -0.4 is 4.74 Å². The molecule has 2 saturated carbocycles. The molecule has 4 nitrogen and oxygen atoms in total. The average Bonchev–Trinajstić information content (AvgIpc) is 3.13. The first-order valence-corrected chi connectivity index (χ1v) is 12.6. The smallest absolute Gasteiger partial charge is 0.120 e. The van der Waals surface area contributed by atoms with Gasteiger partial charge in [0.15, 0.2) is 0 Å². The number of benzene rings is 2. The van der Waals surface area contributed by atoms with Crippen LogP contribution in [0.2, 0.25) is 0 Å². The molecule has 0 aliphatic heterocycles. The lowest BCUT2D eigenvalue weighted by Crippen LogP contribution is -2.43. The van der Waals surface area contributed by atoms with Crippen LogP contribution in [0.3, 0.4) is 0 Å². The van der Waals surface area contributed by atoms with Gasteiger partial charge >= 0.3 is 0 Å². The fourth-order valence-electron chi connectivity index (χ4n) is 6.36. The van der Waals surface area contributed by atoms with Crippen molar-refractivity contribution in [3.05, 3.63) is 65.2 Å². The van der Waals surface area contributed by atoms with E-state index in [-0.39, 0.29) is 11.5 Å². The van der Waals surface area contributed by atoms with Crippen LogP contribution in [-0.4, -0.2) is 34.2 Å². The third-order valence-corrected chi connectivity index (χ3v) is 8.39. The molecule has 2 aromatic carbocycles. The maximum absolute atomic E-state index is 10.5. The Hall–Kier alpha value is -1.53. The lowest BCUT2D eigenvalue weighted by Gasteiger charge is -2.50. The highest BCUT2D eigenvalue weighted by Crippen LogP contribution is 2.60. The van der Waals surface area contributed by atoms with Gasteiger partial charge in [-0.05, 0) is 105 Å². The van der Waals surface area contributed by atoms with Crippen LogP contribution in [0.15, 0.2) is 48.5 Å². The Kier molecular flexibility index (Phi) is 7.51. The van der Waals surface area contributed by atoms with Crippen molar-refractivity contribution >= 4 is 12.2 Å². The molecule has 2 fully saturated rings. The minimum absolute atomic E-state index is 0.0846. The molecule has 2 aromatic rings. The first-order chi connectivity index (χ1) is 15.4. The zero-order chi connectivity index (χ0) is 22.7. The largest absolute Gasteiger partial charge is 0.489 e. The summed E-state index contributed by atoms with van der Waals surface area (Å²) >= 11 is 0.713. The first-order valence-electron chi connectivity index (χ1n) is 11.9. The minimum Gasteiger partial charge on any atom is -0.489 e. The number of hydrogen-bond acceptors (Lipinski definition) is 5. The Morgan fingerprint density at radius 3 is 2.53 bits per heavy atom. The Morgan fingerprint density at radius 2 is 1.81 bits per heavy atom. The van der Waals surface area contributed by atoms with Crippen molar-refractivity contribution in [2.24, 2.45) is 17.3 Å². The summed E-state index contributed by atoms with van der Waals surface area (Å²) in [6.07, 6.45) is 6.96. The number of aliphatic hydroxyl groups excluding tert-OH is 1. The number of hydrogen-bond donors (Lipinski definition) is 2. The van der Waals surface area contributed by atoms with E-state index >= 15 is 0 Å². The van der Waals surface area contributed by atoms with Crippen LogP contribution in [0.5, 0.6) is 5.75 Å². The highest BCUT2D eigenvalue weighted by Gasteiger charge is 2.54. The third kappa shape index (κ3) is 4.86. The van der Waals surface area contributed by atoms with E-state index in [9.17, 15) is 5.11 Å². The second-order valence-electron chi connectivity index (χ2n) is 10.1. The van der Waals surface area contributed by atoms with E-state index < -0.39 is 0 Å². The van der Waals surface area contributed by atoms with Crippen LogP contribution >= 0.6 is 12.2 Å². The van der Waals surface area contributed by atoms with Crippen molar-refractivity contribution in [1.82, 2.24) is 4.31 Å². The Morgan fingerprint density at radius 1 is 1.06 bits per heavy atom. The molecule has 32 heavy (non-hydrogen) atoms. The lowest BCUT2D eigenvalue weighted by molar-refractivity contribution is -0.0226. The number of aryl methyl sites for hydroxylation is 1. The molecular formula is C27H37NO3S. The number of ether oxygens (including phenoxy) is 1. The molecule has 174 valence electrons. The molecule has 0 spiro atoms. The van der Waals surface area contributed by atoms with Gasteiger partial charge in [-0.1, -0.05) is 43.3 Å². The average molecular weight is 456 g/mol. The van der Waals surface area contributed by atoms with Crippen LogP contribution in [0.25, 0.3) is 0 Å². The molecule has 5 unspecified atom stereocenters. The zero-order valence-corrected chi connectivity index (χ0v) is 20.4. The first kappa shape index (κ1) is 23.6. The van der Waals surface area contributed by atoms with Crippen LogP contribution in [0.1, 0.15) is 61.6 Å². The molecule has 5 rings (SSSR count). The molecule has 2 N–H and O–H groups in total. The molecule has 3 aliphatic rings. The Labute approximate surface area is 197 Å². The maximum Gasteiger partial charge on any atom is 0.120 e. The molecule has 5 heteroatoms. The van der Waals surface area contributed by atoms with Crippen LogP contribution in [0, 0.1) is 17.3 Å². The number of nitrogens with zero attached hydrogens (tertiary/aromatic N) is 1. The van der Waals surface area contributed by atoms with Gasteiger partial charge in [-0.3, -0.25) is 0 Å². The van der Waals surface area contributed by atoms with Gasteiger partial charge in [-0.15, -0.1) is 0 Å². The van der Waals surface area contributed by atoms with Crippen LogP contribution in [0.4, 0.5) is 0 Å². The predicted octanol–water partition coefficient (Wildman–Crippen LogP) is 6.15. The van der Waals surface area contributed by atoms with E-state index in [0.29, 0.717) is 30.7 Å². The summed E-state index contributed by atoms with van der Waals surface area (Å²) in [5.74, 6) is 3.13. The van der Waals surface area contributed by atoms with Gasteiger partial charge in [0.1, 0.15) is 12.4 Å². The normalized spacial score (nSPS) is 30.6. The van der Waals surface area contributed by atoms with Crippen molar-refractivity contribution in [3.8, 4) is 5.75 Å². The van der Waals surface area contributed by atoms with E-state index in [2.05, 4.69) is 49.4 Å². The molecule has 0 bridgehead atoms. The monoisotopic (exact) mass is 455 g/mol. The number of aliphatic hydroxyl groups is 1. The van der Waals surface area contributed by atoms with Crippen molar-refractivity contribution < 1.29 is 14.4 Å². The minimum atomic E-state index is -0.0846. The van der Waals surface area contributed by atoms with Gasteiger partial charge in [0.2, 0.25) is 0 Å². The van der Waals surface area contributed by atoms with Crippen molar-refractivity contribution in [1.29, 1.82) is 0 Å². The molecule has 0 radical (unpaired) electrons. The van der Waals surface area contributed by atoms with Crippen LogP contribution in [-0.2, 0) is 13.0 Å². The summed E-state index contributed by atoms with van der Waals surface area (Å²) in [5, 5.41) is 10.5. The molecular weight excluding hydrogens is 418 g/mol. The molecule has 5 atom stereocenters. The van der Waals surface area contributed by atoms with Gasteiger partial charge in [0.25, 0.3) is 0 Å². The summed E-state index contributed by atoms with van der Waals surface area (Å²) < 4.78 is 15.6. The van der Waals surface area contributed by atoms with Gasteiger partial charge in [0, 0.05) is 0 Å². The lowest BCUT2D eigenvalue weighted by atomic mass is 9.55. The summed E-state index contributed by atoms with van der Waals surface area (Å²) in [5.41, 5.74) is 4.42. The molecule has 0 amide bonds. The van der Waals surface area contributed by atoms with E-state index in [4.69, 9.17) is 9.29 Å². The fourth-order valence-corrected chi connectivity index (χ4v) is 6.36. The number of fused-ring (bicyclic) bond motifs is 5. The van der Waals surface area contributed by atoms with Gasteiger partial charge in [-0.2, -0.15) is 0 Å². The van der Waals surface area contributed by atoms with E-state index in [0.717, 1.165) is 24.5 Å². The SMILES string of the molecule is CC12CCC3c4ccc(OCc5ccccc5)cc4CCC3C1CCC2O.CN(C)SO.